The highest BCUT2D eigenvalue weighted by Gasteiger charge is 2.11. The lowest BCUT2D eigenvalue weighted by atomic mass is 10.0. The van der Waals surface area contributed by atoms with Crippen LogP contribution in [0.3, 0.4) is 0 Å². The molecule has 0 aliphatic carbocycles. The summed E-state index contributed by atoms with van der Waals surface area (Å²) in [5.74, 6) is -0.243. The maximum atomic E-state index is 12.5. The summed E-state index contributed by atoms with van der Waals surface area (Å²) in [4.78, 5) is 11.4. The average Bonchev–Trinajstić information content (AvgIpc) is 2.58. The van der Waals surface area contributed by atoms with Gasteiger partial charge in [-0.1, -0.05) is 30.3 Å². The molecule has 0 aliphatic heterocycles. The molecule has 0 unspecified atom stereocenters. The number of ether oxygens (including phenoxy) is 1. The van der Waals surface area contributed by atoms with Crippen LogP contribution in [0.15, 0.2) is 65.6 Å². The van der Waals surface area contributed by atoms with Gasteiger partial charge in [-0.15, -0.1) is 0 Å². The quantitative estimate of drug-likeness (QED) is 0.775. The normalized spacial score (nSPS) is 10.9. The number of pyridine rings is 1. The number of nitrogens with zero attached hydrogens (tertiary/aromatic N) is 1. The van der Waals surface area contributed by atoms with Gasteiger partial charge in [-0.2, -0.15) is 8.78 Å². The number of aromatic nitrogens is 1. The van der Waals surface area contributed by atoms with E-state index in [2.05, 4.69) is 4.74 Å². The number of benzene rings is 2. The summed E-state index contributed by atoms with van der Waals surface area (Å²) >= 11 is 0. The largest absolute Gasteiger partial charge is 0.503 e. The maximum Gasteiger partial charge on any atom is 0.387 e. The Morgan fingerprint density at radius 2 is 1.76 bits per heavy atom. The smallest absolute Gasteiger partial charge is 0.387 e. The van der Waals surface area contributed by atoms with Crippen molar-refractivity contribution in [2.45, 2.75) is 13.5 Å². The van der Waals surface area contributed by atoms with Gasteiger partial charge in [-0.05, 0) is 30.7 Å². The number of hydrogen-bond acceptors (Lipinski definition) is 3. The highest BCUT2D eigenvalue weighted by atomic mass is 19.3. The number of halogens is 2. The molecule has 1 heterocycles. The minimum atomic E-state index is -2.90. The van der Waals surface area contributed by atoms with Crippen molar-refractivity contribution in [1.29, 1.82) is 0 Å². The van der Waals surface area contributed by atoms with Crippen LogP contribution in [0.4, 0.5) is 8.78 Å². The van der Waals surface area contributed by atoms with Crippen molar-refractivity contribution < 1.29 is 18.6 Å². The van der Waals surface area contributed by atoms with Crippen molar-refractivity contribution in [3.8, 4) is 28.3 Å². The molecule has 4 nitrogen and oxygen atoms in total. The molecule has 0 bridgehead atoms. The van der Waals surface area contributed by atoms with Crippen molar-refractivity contribution >= 4 is 0 Å². The van der Waals surface area contributed by atoms with Gasteiger partial charge in [0, 0.05) is 23.0 Å². The monoisotopic (exact) mass is 343 g/mol. The van der Waals surface area contributed by atoms with Gasteiger partial charge in [0.1, 0.15) is 5.75 Å². The molecule has 1 N–H and O–H groups in total. The van der Waals surface area contributed by atoms with Gasteiger partial charge in [-0.25, -0.2) is 0 Å². The van der Waals surface area contributed by atoms with Crippen molar-refractivity contribution in [1.82, 2.24) is 4.57 Å². The van der Waals surface area contributed by atoms with Crippen LogP contribution in [0.25, 0.3) is 16.8 Å². The van der Waals surface area contributed by atoms with Crippen molar-refractivity contribution in [2.75, 3.05) is 0 Å². The predicted octanol–water partition coefficient (Wildman–Crippen LogP) is 4.12. The average molecular weight is 343 g/mol. The molecule has 0 atom stereocenters. The summed E-state index contributed by atoms with van der Waals surface area (Å²) in [5.41, 5.74) is 2.21. The number of hydrogen-bond donors (Lipinski definition) is 1. The highest BCUT2D eigenvalue weighted by molar-refractivity contribution is 5.71. The molecule has 3 rings (SSSR count). The van der Waals surface area contributed by atoms with E-state index in [0.717, 1.165) is 5.69 Å². The molecule has 3 aromatic rings. The molecule has 25 heavy (non-hydrogen) atoms. The minimum absolute atomic E-state index is 0.0995. The number of alkyl halides is 2. The summed E-state index contributed by atoms with van der Waals surface area (Å²) in [6.45, 7) is -1.15. The maximum absolute atomic E-state index is 12.5. The molecule has 0 amide bonds. The van der Waals surface area contributed by atoms with Crippen molar-refractivity contribution in [2.24, 2.45) is 0 Å². The van der Waals surface area contributed by atoms with Gasteiger partial charge in [-0.3, -0.25) is 4.79 Å². The second-order valence-electron chi connectivity index (χ2n) is 5.46. The Hall–Kier alpha value is -3.15. The standard InChI is InChI=1S/C19H15F2NO3/c1-12-10-16(23)17(24)11-22(12)14-8-6-13(7-9-14)15-4-2-3-5-18(15)25-19(20)21/h2-11,19,24H,1H3. The Morgan fingerprint density at radius 3 is 2.44 bits per heavy atom. The fraction of sp³-hybridized carbons (Fsp3) is 0.105. The van der Waals surface area contributed by atoms with Gasteiger partial charge in [0.2, 0.25) is 5.43 Å². The summed E-state index contributed by atoms with van der Waals surface area (Å²) in [7, 11) is 0. The molecule has 6 heteroatoms. The number of para-hydroxylation sites is 1. The molecule has 0 saturated carbocycles. The number of aromatic hydroxyl groups is 1. The fourth-order valence-electron chi connectivity index (χ4n) is 2.60. The van der Waals surface area contributed by atoms with E-state index in [1.807, 2.05) is 0 Å². The zero-order valence-corrected chi connectivity index (χ0v) is 13.3. The van der Waals surface area contributed by atoms with Crippen LogP contribution >= 0.6 is 0 Å². The predicted molar refractivity (Wildman–Crippen MR) is 90.5 cm³/mol. The molecular formula is C19H15F2NO3. The molecule has 128 valence electrons. The van der Waals surface area contributed by atoms with Gasteiger partial charge < -0.3 is 14.4 Å². The first kappa shape index (κ1) is 16.7. The Morgan fingerprint density at radius 1 is 1.08 bits per heavy atom. The first-order valence-electron chi connectivity index (χ1n) is 7.52. The lowest BCUT2D eigenvalue weighted by molar-refractivity contribution is -0.0494. The van der Waals surface area contributed by atoms with Crippen LogP contribution < -0.4 is 10.2 Å². The van der Waals surface area contributed by atoms with E-state index in [4.69, 9.17) is 0 Å². The van der Waals surface area contributed by atoms with E-state index in [-0.39, 0.29) is 11.5 Å². The second-order valence-corrected chi connectivity index (χ2v) is 5.46. The van der Waals surface area contributed by atoms with E-state index in [1.54, 1.807) is 54.0 Å². The van der Waals surface area contributed by atoms with Gasteiger partial charge in [0.15, 0.2) is 5.75 Å². The van der Waals surface area contributed by atoms with E-state index in [9.17, 15) is 18.7 Å². The summed E-state index contributed by atoms with van der Waals surface area (Å²) < 4.78 is 31.3. The first-order valence-corrected chi connectivity index (χ1v) is 7.52. The summed E-state index contributed by atoms with van der Waals surface area (Å²) in [5, 5.41) is 9.62. The lowest BCUT2D eigenvalue weighted by Gasteiger charge is -2.13. The number of aryl methyl sites for hydroxylation is 1. The van der Waals surface area contributed by atoms with Crippen LogP contribution in [0.5, 0.6) is 11.5 Å². The van der Waals surface area contributed by atoms with E-state index >= 15 is 0 Å². The fourth-order valence-corrected chi connectivity index (χ4v) is 2.60. The molecule has 1 aromatic heterocycles. The summed E-state index contributed by atoms with van der Waals surface area (Å²) in [6.07, 6.45) is 1.35. The van der Waals surface area contributed by atoms with E-state index in [1.165, 1.54) is 18.3 Å². The molecule has 0 spiro atoms. The Labute approximate surface area is 142 Å². The summed E-state index contributed by atoms with van der Waals surface area (Å²) in [6, 6.07) is 15.0. The zero-order valence-electron chi connectivity index (χ0n) is 13.3. The van der Waals surface area contributed by atoms with Crippen molar-refractivity contribution in [3.63, 3.8) is 0 Å². The minimum Gasteiger partial charge on any atom is -0.503 e. The molecule has 0 fully saturated rings. The van der Waals surface area contributed by atoms with Crippen molar-refractivity contribution in [3.05, 3.63) is 76.7 Å². The van der Waals surface area contributed by atoms with Crippen LogP contribution in [0.2, 0.25) is 0 Å². The van der Waals surface area contributed by atoms with Crippen LogP contribution in [-0.2, 0) is 0 Å². The van der Waals surface area contributed by atoms with Crippen LogP contribution in [0, 0.1) is 6.92 Å². The van der Waals surface area contributed by atoms with Crippen LogP contribution in [0.1, 0.15) is 5.69 Å². The van der Waals surface area contributed by atoms with E-state index in [0.29, 0.717) is 16.8 Å². The van der Waals surface area contributed by atoms with E-state index < -0.39 is 12.0 Å². The first-order chi connectivity index (χ1) is 12.0. The van der Waals surface area contributed by atoms with Gasteiger partial charge in [0.05, 0.1) is 6.20 Å². The van der Waals surface area contributed by atoms with Gasteiger partial charge >= 0.3 is 6.61 Å². The Balaban J connectivity index is 1.99. The SMILES string of the molecule is Cc1cc(=O)c(O)cn1-c1ccc(-c2ccccc2OC(F)F)cc1. The highest BCUT2D eigenvalue weighted by Crippen LogP contribution is 2.31. The third-order valence-electron chi connectivity index (χ3n) is 3.78. The number of rotatable bonds is 4. The lowest BCUT2D eigenvalue weighted by Crippen LogP contribution is -2.08. The molecule has 0 radical (unpaired) electrons. The molecule has 2 aromatic carbocycles. The Kier molecular flexibility index (Phi) is 4.52. The third-order valence-corrected chi connectivity index (χ3v) is 3.78. The third kappa shape index (κ3) is 3.52. The molecule has 0 saturated heterocycles. The topological polar surface area (TPSA) is 51.5 Å². The van der Waals surface area contributed by atoms with Gasteiger partial charge in [0.25, 0.3) is 0 Å². The zero-order chi connectivity index (χ0) is 18.0. The molecule has 0 aliphatic rings. The molecular weight excluding hydrogens is 328 g/mol. The van der Waals surface area contributed by atoms with Crippen LogP contribution in [-0.4, -0.2) is 16.3 Å². The Bertz CT molecular complexity index is 950. The second kappa shape index (κ2) is 6.76.